The van der Waals surface area contributed by atoms with Crippen LogP contribution in [0.2, 0.25) is 5.02 Å². The van der Waals surface area contributed by atoms with Crippen LogP contribution in [-0.2, 0) is 5.60 Å². The molecule has 2 fully saturated rings. The molecule has 3 heterocycles. The summed E-state index contributed by atoms with van der Waals surface area (Å²) in [5, 5.41) is 12.7. The summed E-state index contributed by atoms with van der Waals surface area (Å²) >= 11 is 6.01. The fraction of sp³-hybridized carbons (Fsp3) is 0.500. The zero-order valence-corrected chi connectivity index (χ0v) is 12.1. The van der Waals surface area contributed by atoms with Crippen LogP contribution in [0.4, 0.5) is 0 Å². The van der Waals surface area contributed by atoms with E-state index >= 15 is 0 Å². The minimum Gasteiger partial charge on any atom is -0.458 e. The first-order chi connectivity index (χ1) is 9.64. The number of hydrogen-bond donors (Lipinski definition) is 1. The third-order valence-electron chi connectivity index (χ3n) is 4.82. The predicted molar refractivity (Wildman–Crippen MR) is 78.9 cm³/mol. The molecule has 1 aromatic carbocycles. The molecule has 0 amide bonds. The highest BCUT2D eigenvalue weighted by Crippen LogP contribution is 2.41. The molecule has 0 saturated carbocycles. The van der Waals surface area contributed by atoms with Gasteiger partial charge in [0.15, 0.2) is 0 Å². The highest BCUT2D eigenvalue weighted by Gasteiger charge is 2.43. The molecule has 1 aromatic heterocycles. The number of rotatable bonds is 1. The van der Waals surface area contributed by atoms with E-state index in [4.69, 9.17) is 16.0 Å². The molecule has 4 rings (SSSR count). The van der Waals surface area contributed by atoms with Crippen molar-refractivity contribution >= 4 is 22.6 Å². The molecule has 2 unspecified atom stereocenters. The molecule has 2 aliphatic heterocycles. The van der Waals surface area contributed by atoms with Gasteiger partial charge in [-0.3, -0.25) is 0 Å². The van der Waals surface area contributed by atoms with Crippen molar-refractivity contribution in [3.05, 3.63) is 35.0 Å². The third kappa shape index (κ3) is 1.96. The molecule has 0 aliphatic carbocycles. The molecule has 0 radical (unpaired) electrons. The van der Waals surface area contributed by atoms with Crippen molar-refractivity contribution in [2.24, 2.45) is 0 Å². The molecule has 106 valence electrons. The summed E-state index contributed by atoms with van der Waals surface area (Å²) in [5.74, 6) is 0.696. The van der Waals surface area contributed by atoms with E-state index in [1.165, 1.54) is 19.4 Å². The van der Waals surface area contributed by atoms with Crippen molar-refractivity contribution < 1.29 is 9.52 Å². The molecule has 20 heavy (non-hydrogen) atoms. The average Bonchev–Trinajstić information content (AvgIpc) is 3.03. The molecule has 2 saturated heterocycles. The Labute approximate surface area is 123 Å². The van der Waals surface area contributed by atoms with Crippen molar-refractivity contribution in [2.45, 2.75) is 37.3 Å². The van der Waals surface area contributed by atoms with Gasteiger partial charge in [-0.05, 0) is 56.5 Å². The summed E-state index contributed by atoms with van der Waals surface area (Å²) in [6.45, 7) is 2.13. The van der Waals surface area contributed by atoms with Crippen LogP contribution in [0.1, 0.15) is 31.4 Å². The SMILES string of the molecule is OC1(c2cc3cc(Cl)ccc3o2)CCN2CCCC2C1. The summed E-state index contributed by atoms with van der Waals surface area (Å²) in [6, 6.07) is 8.03. The lowest BCUT2D eigenvalue weighted by atomic mass is 9.84. The van der Waals surface area contributed by atoms with E-state index in [-0.39, 0.29) is 0 Å². The van der Waals surface area contributed by atoms with Gasteiger partial charge >= 0.3 is 0 Å². The van der Waals surface area contributed by atoms with Crippen LogP contribution in [-0.4, -0.2) is 29.1 Å². The standard InChI is InChI=1S/C16H18ClNO2/c17-12-3-4-14-11(8-12)9-15(20-14)16(19)5-7-18-6-1-2-13(18)10-16/h3-4,8-9,13,19H,1-2,5-7,10H2. The number of aliphatic hydroxyl groups is 1. The summed E-state index contributed by atoms with van der Waals surface area (Å²) < 4.78 is 5.89. The number of hydrogen-bond acceptors (Lipinski definition) is 3. The fourth-order valence-electron chi connectivity index (χ4n) is 3.71. The number of fused-ring (bicyclic) bond motifs is 2. The molecular formula is C16H18ClNO2. The van der Waals surface area contributed by atoms with E-state index in [2.05, 4.69) is 4.90 Å². The highest BCUT2D eigenvalue weighted by molar-refractivity contribution is 6.31. The van der Waals surface area contributed by atoms with E-state index in [0.717, 1.165) is 30.4 Å². The van der Waals surface area contributed by atoms with Gasteiger partial charge in [0.25, 0.3) is 0 Å². The van der Waals surface area contributed by atoms with Crippen LogP contribution in [0.5, 0.6) is 0 Å². The van der Waals surface area contributed by atoms with Crippen LogP contribution < -0.4 is 0 Å². The molecular weight excluding hydrogens is 274 g/mol. The van der Waals surface area contributed by atoms with Crippen LogP contribution in [0.15, 0.2) is 28.7 Å². The van der Waals surface area contributed by atoms with Crippen molar-refractivity contribution in [3.63, 3.8) is 0 Å². The van der Waals surface area contributed by atoms with Crippen LogP contribution in [0.25, 0.3) is 11.0 Å². The first kappa shape index (κ1) is 12.7. The second kappa shape index (κ2) is 4.48. The topological polar surface area (TPSA) is 36.6 Å². The van der Waals surface area contributed by atoms with Crippen molar-refractivity contribution in [1.29, 1.82) is 0 Å². The number of piperidine rings is 1. The van der Waals surface area contributed by atoms with Gasteiger partial charge < -0.3 is 14.4 Å². The minimum atomic E-state index is -0.822. The minimum absolute atomic E-state index is 0.505. The molecule has 0 bridgehead atoms. The third-order valence-corrected chi connectivity index (χ3v) is 5.06. The maximum atomic E-state index is 11.0. The second-order valence-electron chi connectivity index (χ2n) is 6.11. The van der Waals surface area contributed by atoms with Gasteiger partial charge in [0.2, 0.25) is 0 Å². The maximum absolute atomic E-state index is 11.0. The maximum Gasteiger partial charge on any atom is 0.137 e. The quantitative estimate of drug-likeness (QED) is 0.873. The van der Waals surface area contributed by atoms with Gasteiger partial charge in [0, 0.05) is 23.0 Å². The number of furan rings is 1. The van der Waals surface area contributed by atoms with E-state index in [1.54, 1.807) is 0 Å². The Bertz CT molecular complexity index is 653. The van der Waals surface area contributed by atoms with Gasteiger partial charge in [-0.25, -0.2) is 0 Å². The van der Waals surface area contributed by atoms with Gasteiger partial charge in [-0.15, -0.1) is 0 Å². The number of halogens is 1. The molecule has 0 spiro atoms. The Morgan fingerprint density at radius 2 is 2.20 bits per heavy atom. The highest BCUT2D eigenvalue weighted by atomic mass is 35.5. The monoisotopic (exact) mass is 291 g/mol. The Hall–Kier alpha value is -1.03. The normalized spacial score (nSPS) is 30.8. The predicted octanol–water partition coefficient (Wildman–Crippen LogP) is 3.53. The Morgan fingerprint density at radius 1 is 1.30 bits per heavy atom. The molecule has 2 atom stereocenters. The largest absolute Gasteiger partial charge is 0.458 e. The number of benzene rings is 1. The van der Waals surface area contributed by atoms with Gasteiger partial charge in [0.05, 0.1) is 0 Å². The first-order valence-electron chi connectivity index (χ1n) is 7.30. The van der Waals surface area contributed by atoms with Crippen molar-refractivity contribution in [2.75, 3.05) is 13.1 Å². The van der Waals surface area contributed by atoms with Crippen molar-refractivity contribution in [3.8, 4) is 0 Å². The first-order valence-corrected chi connectivity index (χ1v) is 7.68. The average molecular weight is 292 g/mol. The van der Waals surface area contributed by atoms with E-state index in [9.17, 15) is 5.11 Å². The molecule has 1 N–H and O–H groups in total. The lowest BCUT2D eigenvalue weighted by Crippen LogP contribution is -2.45. The molecule has 3 nitrogen and oxygen atoms in total. The van der Waals surface area contributed by atoms with Gasteiger partial charge in [-0.1, -0.05) is 11.6 Å². The summed E-state index contributed by atoms with van der Waals surface area (Å²) in [4.78, 5) is 2.49. The van der Waals surface area contributed by atoms with Crippen LogP contribution in [0, 0.1) is 0 Å². The fourth-order valence-corrected chi connectivity index (χ4v) is 3.89. The lowest BCUT2D eigenvalue weighted by Gasteiger charge is -2.39. The molecule has 2 aliphatic rings. The van der Waals surface area contributed by atoms with Gasteiger partial charge in [-0.2, -0.15) is 0 Å². The van der Waals surface area contributed by atoms with Crippen LogP contribution in [0.3, 0.4) is 0 Å². The van der Waals surface area contributed by atoms with Crippen molar-refractivity contribution in [1.82, 2.24) is 4.90 Å². The van der Waals surface area contributed by atoms with E-state index < -0.39 is 5.60 Å². The Morgan fingerprint density at radius 3 is 3.10 bits per heavy atom. The smallest absolute Gasteiger partial charge is 0.137 e. The van der Waals surface area contributed by atoms with E-state index in [1.807, 2.05) is 24.3 Å². The summed E-state index contributed by atoms with van der Waals surface area (Å²) in [7, 11) is 0. The molecule has 4 heteroatoms. The zero-order valence-electron chi connectivity index (χ0n) is 11.3. The van der Waals surface area contributed by atoms with Crippen LogP contribution >= 0.6 is 11.6 Å². The second-order valence-corrected chi connectivity index (χ2v) is 6.55. The number of nitrogens with zero attached hydrogens (tertiary/aromatic N) is 1. The Balaban J connectivity index is 1.70. The summed E-state index contributed by atoms with van der Waals surface area (Å²) in [5.41, 5.74) is -0.0246. The van der Waals surface area contributed by atoms with Gasteiger partial charge in [0.1, 0.15) is 16.9 Å². The molecule has 2 aromatic rings. The summed E-state index contributed by atoms with van der Waals surface area (Å²) in [6.07, 6.45) is 3.96. The van der Waals surface area contributed by atoms with E-state index in [0.29, 0.717) is 16.8 Å². The zero-order chi connectivity index (χ0) is 13.7. The lowest BCUT2D eigenvalue weighted by molar-refractivity contribution is -0.0549. The Kier molecular flexibility index (Phi) is 2.85.